The van der Waals surface area contributed by atoms with Gasteiger partial charge in [-0.2, -0.15) is 0 Å². The SMILES string of the molecule is Cc1ccc(N2C(=O)NC(=O)/C(=C\c3cc(-c4ccccc4)n(-c4ccccc4)c3-c3ccccc3)C2=O)cc1. The molecule has 1 aliphatic heterocycles. The van der Waals surface area contributed by atoms with E-state index in [9.17, 15) is 14.4 Å². The topological polar surface area (TPSA) is 71.4 Å². The molecule has 1 aliphatic rings. The Hall–Kier alpha value is -5.49. The van der Waals surface area contributed by atoms with Gasteiger partial charge in [-0.25, -0.2) is 9.69 Å². The zero-order chi connectivity index (χ0) is 27.6. The van der Waals surface area contributed by atoms with Crippen LogP contribution in [0.4, 0.5) is 10.5 Å². The highest BCUT2D eigenvalue weighted by Crippen LogP contribution is 2.37. The second-order valence-electron chi connectivity index (χ2n) is 9.53. The van der Waals surface area contributed by atoms with E-state index in [0.29, 0.717) is 11.3 Å². The maximum Gasteiger partial charge on any atom is 0.335 e. The molecule has 1 aromatic heterocycles. The summed E-state index contributed by atoms with van der Waals surface area (Å²) < 4.78 is 2.13. The number of imide groups is 2. The van der Waals surface area contributed by atoms with E-state index in [0.717, 1.165) is 38.7 Å². The highest BCUT2D eigenvalue weighted by atomic mass is 16.2. The monoisotopic (exact) mass is 523 g/mol. The third-order valence-corrected chi connectivity index (χ3v) is 6.86. The smallest absolute Gasteiger partial charge is 0.309 e. The van der Waals surface area contributed by atoms with Gasteiger partial charge in [0.05, 0.1) is 17.1 Å². The summed E-state index contributed by atoms with van der Waals surface area (Å²) in [5.74, 6) is -1.41. The number of benzene rings is 4. The Morgan fingerprint density at radius 1 is 0.650 bits per heavy atom. The molecular weight excluding hydrogens is 498 g/mol. The van der Waals surface area contributed by atoms with Crippen LogP contribution in [-0.2, 0) is 9.59 Å². The molecule has 4 aromatic carbocycles. The minimum Gasteiger partial charge on any atom is -0.309 e. The summed E-state index contributed by atoms with van der Waals surface area (Å²) in [5, 5.41) is 2.34. The quantitative estimate of drug-likeness (QED) is 0.204. The molecule has 1 saturated heterocycles. The van der Waals surface area contributed by atoms with E-state index in [1.807, 2.05) is 116 Å². The Morgan fingerprint density at radius 2 is 1.23 bits per heavy atom. The van der Waals surface area contributed by atoms with E-state index in [1.54, 1.807) is 18.2 Å². The second-order valence-corrected chi connectivity index (χ2v) is 9.53. The van der Waals surface area contributed by atoms with Gasteiger partial charge in [-0.05, 0) is 54.5 Å². The van der Waals surface area contributed by atoms with Crippen molar-refractivity contribution in [1.82, 2.24) is 9.88 Å². The first-order valence-corrected chi connectivity index (χ1v) is 12.9. The molecule has 0 bridgehead atoms. The van der Waals surface area contributed by atoms with Crippen molar-refractivity contribution in [3.63, 3.8) is 0 Å². The molecule has 4 amide bonds. The molecule has 2 heterocycles. The Morgan fingerprint density at radius 3 is 1.85 bits per heavy atom. The molecule has 5 aromatic rings. The number of anilines is 1. The lowest BCUT2D eigenvalue weighted by atomic mass is 10.0. The van der Waals surface area contributed by atoms with Crippen molar-refractivity contribution >= 4 is 29.6 Å². The molecule has 40 heavy (non-hydrogen) atoms. The average Bonchev–Trinajstić information content (AvgIpc) is 3.37. The molecule has 0 unspecified atom stereocenters. The van der Waals surface area contributed by atoms with Gasteiger partial charge in [-0.15, -0.1) is 0 Å². The normalized spacial score (nSPS) is 14.5. The maximum atomic E-state index is 13.7. The molecule has 6 nitrogen and oxygen atoms in total. The molecule has 1 fully saturated rings. The molecule has 0 radical (unpaired) electrons. The number of rotatable bonds is 5. The van der Waals surface area contributed by atoms with Gasteiger partial charge >= 0.3 is 6.03 Å². The van der Waals surface area contributed by atoms with Crippen molar-refractivity contribution in [2.24, 2.45) is 0 Å². The summed E-state index contributed by atoms with van der Waals surface area (Å²) in [6.07, 6.45) is 1.58. The number of hydrogen-bond donors (Lipinski definition) is 1. The van der Waals surface area contributed by atoms with Gasteiger partial charge in [0.15, 0.2) is 0 Å². The third kappa shape index (κ3) is 4.52. The summed E-state index contributed by atoms with van der Waals surface area (Å²) in [7, 11) is 0. The highest BCUT2D eigenvalue weighted by molar-refractivity contribution is 6.39. The minimum absolute atomic E-state index is 0.123. The van der Waals surface area contributed by atoms with Crippen LogP contribution in [0.2, 0.25) is 0 Å². The van der Waals surface area contributed by atoms with Crippen LogP contribution in [0.25, 0.3) is 34.3 Å². The first-order chi connectivity index (χ1) is 19.5. The number of carbonyl (C=O) groups excluding carboxylic acids is 3. The van der Waals surface area contributed by atoms with Crippen molar-refractivity contribution in [1.29, 1.82) is 0 Å². The lowest BCUT2D eigenvalue weighted by Gasteiger charge is -2.26. The summed E-state index contributed by atoms with van der Waals surface area (Å²) in [5.41, 5.74) is 6.46. The second kappa shape index (κ2) is 10.3. The number of carbonyl (C=O) groups is 3. The summed E-state index contributed by atoms with van der Waals surface area (Å²) >= 11 is 0. The number of nitrogens with one attached hydrogen (secondary N) is 1. The Kier molecular flexibility index (Phi) is 6.42. The van der Waals surface area contributed by atoms with Gasteiger partial charge < -0.3 is 4.57 Å². The largest absolute Gasteiger partial charge is 0.335 e. The molecule has 0 aliphatic carbocycles. The van der Waals surface area contributed by atoms with Crippen LogP contribution < -0.4 is 10.2 Å². The number of barbiturate groups is 1. The van der Waals surface area contributed by atoms with E-state index in [-0.39, 0.29) is 5.57 Å². The number of nitrogens with zero attached hydrogens (tertiary/aromatic N) is 2. The Labute approximate surface area is 231 Å². The number of urea groups is 1. The average molecular weight is 524 g/mol. The summed E-state index contributed by atoms with van der Waals surface area (Å²) in [6.45, 7) is 1.92. The van der Waals surface area contributed by atoms with Crippen molar-refractivity contribution in [3.8, 4) is 28.2 Å². The molecule has 0 atom stereocenters. The van der Waals surface area contributed by atoms with E-state index in [2.05, 4.69) is 9.88 Å². The molecule has 0 saturated carbocycles. The van der Waals surface area contributed by atoms with Crippen LogP contribution in [0.3, 0.4) is 0 Å². The third-order valence-electron chi connectivity index (χ3n) is 6.86. The molecule has 6 heteroatoms. The Bertz CT molecular complexity index is 1750. The van der Waals surface area contributed by atoms with Crippen LogP contribution in [-0.4, -0.2) is 22.4 Å². The van der Waals surface area contributed by atoms with Crippen LogP contribution >= 0.6 is 0 Å². The maximum absolute atomic E-state index is 13.7. The zero-order valence-electron chi connectivity index (χ0n) is 21.7. The van der Waals surface area contributed by atoms with Crippen molar-refractivity contribution in [3.05, 3.63) is 138 Å². The van der Waals surface area contributed by atoms with Gasteiger partial charge in [-0.1, -0.05) is 96.6 Å². The van der Waals surface area contributed by atoms with Crippen molar-refractivity contribution in [2.45, 2.75) is 6.92 Å². The number of amides is 4. The lowest BCUT2D eigenvalue weighted by molar-refractivity contribution is -0.122. The van der Waals surface area contributed by atoms with E-state index in [1.165, 1.54) is 0 Å². The van der Waals surface area contributed by atoms with E-state index < -0.39 is 17.8 Å². The highest BCUT2D eigenvalue weighted by Gasteiger charge is 2.37. The van der Waals surface area contributed by atoms with Crippen LogP contribution in [0.1, 0.15) is 11.1 Å². The van der Waals surface area contributed by atoms with Gasteiger partial charge in [0.2, 0.25) is 0 Å². The van der Waals surface area contributed by atoms with E-state index >= 15 is 0 Å². The lowest BCUT2D eigenvalue weighted by Crippen LogP contribution is -2.54. The molecular formula is C34H25N3O3. The molecule has 194 valence electrons. The van der Waals surface area contributed by atoms with Crippen LogP contribution in [0, 0.1) is 6.92 Å². The number of para-hydroxylation sites is 1. The van der Waals surface area contributed by atoms with Gasteiger partial charge in [0.1, 0.15) is 5.57 Å². The zero-order valence-corrected chi connectivity index (χ0v) is 21.7. The summed E-state index contributed by atoms with van der Waals surface area (Å²) in [6, 6.07) is 38.0. The number of hydrogen-bond acceptors (Lipinski definition) is 3. The fourth-order valence-electron chi connectivity index (χ4n) is 4.94. The van der Waals surface area contributed by atoms with Crippen LogP contribution in [0.5, 0.6) is 0 Å². The first kappa shape index (κ1) is 24.8. The van der Waals surface area contributed by atoms with Crippen LogP contribution in [0.15, 0.2) is 127 Å². The van der Waals surface area contributed by atoms with E-state index in [4.69, 9.17) is 0 Å². The molecule has 6 rings (SSSR count). The number of aryl methyl sites for hydroxylation is 1. The molecule has 0 spiro atoms. The fraction of sp³-hybridized carbons (Fsp3) is 0.0294. The minimum atomic E-state index is -0.772. The van der Waals surface area contributed by atoms with Gasteiger partial charge in [0, 0.05) is 11.3 Å². The summed E-state index contributed by atoms with van der Waals surface area (Å²) in [4.78, 5) is 40.5. The van der Waals surface area contributed by atoms with Crippen molar-refractivity contribution < 1.29 is 14.4 Å². The van der Waals surface area contributed by atoms with Gasteiger partial charge in [-0.3, -0.25) is 14.9 Å². The molecule has 1 N–H and O–H groups in total. The van der Waals surface area contributed by atoms with Crippen molar-refractivity contribution in [2.75, 3.05) is 4.90 Å². The standard InChI is InChI=1S/C34H25N3O3/c1-23-17-19-28(20-18-23)37-33(39)29(32(38)35-34(37)40)21-26-22-30(24-11-5-2-6-12-24)36(27-15-9-4-10-16-27)31(26)25-13-7-3-8-14-25/h2-22H,1H3,(H,35,38,40)/b29-21+. The van der Waals surface area contributed by atoms with Gasteiger partial charge in [0.25, 0.3) is 11.8 Å². The fourth-order valence-corrected chi connectivity index (χ4v) is 4.94. The Balaban J connectivity index is 1.59. The first-order valence-electron chi connectivity index (χ1n) is 12.9. The predicted molar refractivity (Wildman–Crippen MR) is 157 cm³/mol. The number of aromatic nitrogens is 1. The predicted octanol–water partition coefficient (Wildman–Crippen LogP) is 6.79.